The summed E-state index contributed by atoms with van der Waals surface area (Å²) in [6.07, 6.45) is -10.1. The Hall–Kier alpha value is -6.59. The highest BCUT2D eigenvalue weighted by atomic mass is 16.7. The summed E-state index contributed by atoms with van der Waals surface area (Å²) >= 11 is 0. The zero-order chi connectivity index (χ0) is 82.6. The Morgan fingerprint density at radius 3 is 1.03 bits per heavy atom. The molecule has 17 atom stereocenters. The standard InChI is InChI=1S/C71H127N11O30/c1-44(86)78-58-64(98)61(95)49(41-83)110-69(58)107-33-16-32-104-34-28-74-56(93)23-15-24-57(94)81-48(18-8-11-26-73-53(90)20-14-22-55(92)76-30-36-106-38-40-109-71-60(80-46(3)88)66(100)63(97)51(43-85)112-71)68(102)82-47(67(101)77-27-9-5-6-12-31-103-4)17-7-10-25-72-52(89)19-13-21-54(91)75-29-35-105-37-39-108-70-59(79-45(2)87)65(99)62(96)50(42-84)111-70/h47-51,58-66,69-71,83-85,95-100H,5-43H2,1-4H3,(H,72,89)(H,73,90)(H,74,93)(H,75,91)(H,76,92)(H,77,101)(H,78,86)(H,79,87)(H,80,88)(H,81,94)(H,82,102). The van der Waals surface area contributed by atoms with Gasteiger partial charge in [0.1, 0.15) is 85.1 Å². The van der Waals surface area contributed by atoms with Crippen LogP contribution >= 0.6 is 0 Å². The number of ether oxygens (including phenoxy) is 10. The molecular weight excluding hydrogens is 1490 g/mol. The van der Waals surface area contributed by atoms with E-state index < -0.39 is 159 Å². The van der Waals surface area contributed by atoms with Crippen molar-refractivity contribution in [2.24, 2.45) is 0 Å². The van der Waals surface area contributed by atoms with E-state index in [0.29, 0.717) is 51.7 Å². The quantitative estimate of drug-likeness (QED) is 0.0252. The molecule has 112 heavy (non-hydrogen) atoms. The first-order valence-corrected chi connectivity index (χ1v) is 38.7. The first-order valence-electron chi connectivity index (χ1n) is 38.7. The smallest absolute Gasteiger partial charge is 0.243 e. The topological polar surface area (TPSA) is 594 Å². The lowest BCUT2D eigenvalue weighted by Gasteiger charge is -2.42. The number of hydrogen-bond donors (Lipinski definition) is 20. The third kappa shape index (κ3) is 41.6. The number of methoxy groups -OCH3 is 1. The molecule has 0 aromatic carbocycles. The number of nitrogens with one attached hydrogen (secondary N) is 11. The number of carbonyl (C=O) groups is 11. The Bertz CT molecular complexity index is 2740. The molecule has 0 aromatic rings. The van der Waals surface area contributed by atoms with Gasteiger partial charge in [0.25, 0.3) is 0 Å². The fraction of sp³-hybridized carbons (Fsp3) is 0.845. The molecule has 3 aliphatic rings. The zero-order valence-corrected chi connectivity index (χ0v) is 65.0. The molecule has 646 valence electrons. The second-order valence-electron chi connectivity index (χ2n) is 27.3. The first kappa shape index (κ1) is 99.6. The summed E-state index contributed by atoms with van der Waals surface area (Å²) in [6, 6.07) is -5.53. The molecule has 0 bridgehead atoms. The molecule has 20 N–H and O–H groups in total. The minimum Gasteiger partial charge on any atom is -0.394 e. The van der Waals surface area contributed by atoms with Gasteiger partial charge in [-0.3, -0.25) is 52.7 Å². The van der Waals surface area contributed by atoms with Crippen molar-refractivity contribution in [1.29, 1.82) is 0 Å². The highest BCUT2D eigenvalue weighted by Gasteiger charge is 2.48. The van der Waals surface area contributed by atoms with Crippen LogP contribution in [-0.2, 0) is 100 Å². The van der Waals surface area contributed by atoms with Crippen molar-refractivity contribution in [2.75, 3.05) is 132 Å². The van der Waals surface area contributed by atoms with E-state index in [0.717, 1.165) is 19.3 Å². The Morgan fingerprint density at radius 2 is 0.652 bits per heavy atom. The third-order valence-corrected chi connectivity index (χ3v) is 18.0. The molecule has 3 heterocycles. The summed E-state index contributed by atoms with van der Waals surface area (Å²) in [6.45, 7) is 4.11. The van der Waals surface area contributed by atoms with Crippen LogP contribution in [-0.4, -0.2) is 347 Å². The number of aliphatic hydroxyl groups excluding tert-OH is 9. The first-order chi connectivity index (χ1) is 53.7. The number of carbonyl (C=O) groups excluding carboxylic acids is 11. The van der Waals surface area contributed by atoms with Crippen LogP contribution in [0, 0.1) is 0 Å². The van der Waals surface area contributed by atoms with Gasteiger partial charge in [0.2, 0.25) is 65.0 Å². The van der Waals surface area contributed by atoms with Gasteiger partial charge < -0.3 is 152 Å². The molecule has 0 aliphatic carbocycles. The van der Waals surface area contributed by atoms with Gasteiger partial charge in [-0.25, -0.2) is 0 Å². The lowest BCUT2D eigenvalue weighted by atomic mass is 9.97. The maximum absolute atomic E-state index is 14.3. The van der Waals surface area contributed by atoms with Gasteiger partial charge in [0, 0.05) is 119 Å². The molecule has 3 fully saturated rings. The number of amides is 11. The minimum absolute atomic E-state index is 0.0250. The summed E-state index contributed by atoms with van der Waals surface area (Å²) in [5.74, 6) is -4.82. The largest absolute Gasteiger partial charge is 0.394 e. The number of hydrogen-bond acceptors (Lipinski definition) is 30. The molecule has 0 radical (unpaired) electrons. The SMILES string of the molecule is COCCCCCCNC(=O)C(CCCCNC(=O)CCCC(=O)NCCOCCOC1OC(CO)C(O)C(O)C1NC(C)=O)NC(=O)C(CCCCNC(=O)CCCC(=O)NCCOCCOC1OC(CO)C(O)C(O)C1NC(C)=O)NC(=O)CCCC(=O)NCCOCCCOC1OC(CO)C(O)C(O)C1NC(C)=O. The van der Waals surface area contributed by atoms with Crippen LogP contribution < -0.4 is 58.5 Å². The Labute approximate surface area is 652 Å². The molecule has 0 aromatic heterocycles. The predicted octanol–water partition coefficient (Wildman–Crippen LogP) is -6.97. The van der Waals surface area contributed by atoms with Gasteiger partial charge in [0.05, 0.1) is 72.7 Å². The zero-order valence-electron chi connectivity index (χ0n) is 65.0. The molecule has 0 saturated carbocycles. The molecule has 3 aliphatic heterocycles. The summed E-state index contributed by atoms with van der Waals surface area (Å²) in [5.41, 5.74) is 0. The molecule has 3 saturated heterocycles. The third-order valence-electron chi connectivity index (χ3n) is 18.0. The Morgan fingerprint density at radius 1 is 0.321 bits per heavy atom. The predicted molar refractivity (Wildman–Crippen MR) is 393 cm³/mol. The fourth-order valence-corrected chi connectivity index (χ4v) is 11.9. The van der Waals surface area contributed by atoms with Gasteiger partial charge in [-0.1, -0.05) is 12.8 Å². The van der Waals surface area contributed by atoms with Gasteiger partial charge in [-0.15, -0.1) is 0 Å². The van der Waals surface area contributed by atoms with Crippen LogP contribution in [0.2, 0.25) is 0 Å². The van der Waals surface area contributed by atoms with Crippen LogP contribution in [0.25, 0.3) is 0 Å². The summed E-state index contributed by atoms with van der Waals surface area (Å²) in [4.78, 5) is 140. The second kappa shape index (κ2) is 59.1. The molecule has 17 unspecified atom stereocenters. The lowest BCUT2D eigenvalue weighted by Crippen LogP contribution is -2.64. The van der Waals surface area contributed by atoms with Crippen molar-refractivity contribution >= 4 is 65.0 Å². The Balaban J connectivity index is 1.50. The van der Waals surface area contributed by atoms with E-state index >= 15 is 0 Å². The van der Waals surface area contributed by atoms with Crippen molar-refractivity contribution in [3.63, 3.8) is 0 Å². The Kier molecular flexibility index (Phi) is 52.6. The molecule has 3 rings (SSSR count). The molecule has 0 spiro atoms. The minimum atomic E-state index is -1.47. The van der Waals surface area contributed by atoms with Crippen LogP contribution in [0.1, 0.15) is 149 Å². The van der Waals surface area contributed by atoms with E-state index in [4.69, 9.17) is 47.4 Å². The van der Waals surface area contributed by atoms with E-state index in [9.17, 15) is 98.7 Å². The van der Waals surface area contributed by atoms with E-state index in [1.165, 1.54) is 20.8 Å². The average Bonchev–Trinajstić information content (AvgIpc) is 0.821. The maximum Gasteiger partial charge on any atom is 0.243 e. The highest BCUT2D eigenvalue weighted by molar-refractivity contribution is 5.92. The molecule has 11 amide bonds. The molecule has 41 nitrogen and oxygen atoms in total. The van der Waals surface area contributed by atoms with E-state index in [-0.39, 0.29) is 192 Å². The van der Waals surface area contributed by atoms with Crippen molar-refractivity contribution in [3.05, 3.63) is 0 Å². The van der Waals surface area contributed by atoms with Crippen molar-refractivity contribution in [2.45, 2.75) is 253 Å². The molecule has 41 heteroatoms. The van der Waals surface area contributed by atoms with Gasteiger partial charge >= 0.3 is 0 Å². The summed E-state index contributed by atoms with van der Waals surface area (Å²) in [7, 11) is 1.61. The number of rotatable bonds is 61. The van der Waals surface area contributed by atoms with Crippen molar-refractivity contribution in [1.82, 2.24) is 58.5 Å². The van der Waals surface area contributed by atoms with Crippen molar-refractivity contribution < 1.29 is 146 Å². The molecular formula is C71H127N11O30. The fourth-order valence-electron chi connectivity index (χ4n) is 11.9. The van der Waals surface area contributed by atoms with Gasteiger partial charge in [-0.2, -0.15) is 0 Å². The monoisotopic (exact) mass is 1610 g/mol. The van der Waals surface area contributed by atoms with E-state index in [2.05, 4.69) is 58.5 Å². The van der Waals surface area contributed by atoms with Gasteiger partial charge in [0.15, 0.2) is 18.9 Å². The number of unbranched alkanes of at least 4 members (excludes halogenated alkanes) is 5. The lowest BCUT2D eigenvalue weighted by molar-refractivity contribution is -0.272. The number of aliphatic hydroxyl groups is 9. The van der Waals surface area contributed by atoms with E-state index in [1.807, 2.05) is 0 Å². The van der Waals surface area contributed by atoms with Crippen LogP contribution in [0.4, 0.5) is 0 Å². The van der Waals surface area contributed by atoms with Crippen LogP contribution in [0.3, 0.4) is 0 Å². The van der Waals surface area contributed by atoms with E-state index in [1.54, 1.807) is 7.11 Å². The van der Waals surface area contributed by atoms with Crippen molar-refractivity contribution in [3.8, 4) is 0 Å². The second-order valence-corrected chi connectivity index (χ2v) is 27.3. The summed E-state index contributed by atoms with van der Waals surface area (Å²) < 4.78 is 55.2. The van der Waals surface area contributed by atoms with Crippen LogP contribution in [0.15, 0.2) is 0 Å². The normalized spacial score (nSPS) is 24.1. The summed E-state index contributed by atoms with van der Waals surface area (Å²) in [5, 5.41) is 120. The highest BCUT2D eigenvalue weighted by Crippen LogP contribution is 2.25. The van der Waals surface area contributed by atoms with Crippen LogP contribution in [0.5, 0.6) is 0 Å². The average molecular weight is 1610 g/mol. The van der Waals surface area contributed by atoms with Gasteiger partial charge in [-0.05, 0) is 77.0 Å². The maximum atomic E-state index is 14.3.